The number of carbonyl (C=O) groups excluding carboxylic acids is 2. The van der Waals surface area contributed by atoms with Crippen molar-refractivity contribution in [3.8, 4) is 0 Å². The van der Waals surface area contributed by atoms with Crippen LogP contribution < -0.4 is 16.0 Å². The average Bonchev–Trinajstić information content (AvgIpc) is 2.53. The molecule has 6 nitrogen and oxygen atoms in total. The summed E-state index contributed by atoms with van der Waals surface area (Å²) in [6.07, 6.45) is 0.340. The highest BCUT2D eigenvalue weighted by Gasteiger charge is 2.22. The van der Waals surface area contributed by atoms with Crippen molar-refractivity contribution in [2.75, 3.05) is 31.6 Å². The van der Waals surface area contributed by atoms with Gasteiger partial charge in [0, 0.05) is 25.3 Å². The predicted molar refractivity (Wildman–Crippen MR) is 85.3 cm³/mol. The van der Waals surface area contributed by atoms with E-state index in [1.807, 2.05) is 6.92 Å². The molecule has 1 unspecified atom stereocenters. The Hall–Kier alpha value is -1.63. The van der Waals surface area contributed by atoms with Crippen molar-refractivity contribution in [3.63, 3.8) is 0 Å². The lowest BCUT2D eigenvalue weighted by Gasteiger charge is -2.22. The maximum absolute atomic E-state index is 12.0. The van der Waals surface area contributed by atoms with Crippen LogP contribution in [0.4, 0.5) is 5.69 Å². The smallest absolute Gasteiger partial charge is 0.254 e. The van der Waals surface area contributed by atoms with Crippen LogP contribution in [0.3, 0.4) is 0 Å². The van der Waals surface area contributed by atoms with E-state index in [9.17, 15) is 9.59 Å². The van der Waals surface area contributed by atoms with Gasteiger partial charge in [0.1, 0.15) is 6.10 Å². The highest BCUT2D eigenvalue weighted by atomic mass is 35.5. The number of amides is 2. The first kappa shape index (κ1) is 16.7. The Morgan fingerprint density at radius 1 is 1.45 bits per heavy atom. The summed E-state index contributed by atoms with van der Waals surface area (Å²) < 4.78 is 5.38. The highest BCUT2D eigenvalue weighted by molar-refractivity contribution is 6.34. The normalized spacial score (nSPS) is 17.8. The zero-order valence-electron chi connectivity index (χ0n) is 12.4. The zero-order valence-corrected chi connectivity index (χ0v) is 13.2. The van der Waals surface area contributed by atoms with Crippen molar-refractivity contribution in [1.29, 1.82) is 0 Å². The third-order valence-electron chi connectivity index (χ3n) is 3.24. The molecule has 1 aliphatic heterocycles. The van der Waals surface area contributed by atoms with Crippen molar-refractivity contribution < 1.29 is 14.3 Å². The van der Waals surface area contributed by atoms with Gasteiger partial charge in [0.25, 0.3) is 11.8 Å². The van der Waals surface area contributed by atoms with Crippen LogP contribution in [0.2, 0.25) is 5.02 Å². The molecule has 0 radical (unpaired) electrons. The summed E-state index contributed by atoms with van der Waals surface area (Å²) in [5.41, 5.74) is 0.930. The van der Waals surface area contributed by atoms with Crippen molar-refractivity contribution in [3.05, 3.63) is 28.8 Å². The summed E-state index contributed by atoms with van der Waals surface area (Å²) in [6.45, 7) is 4.31. The van der Waals surface area contributed by atoms with Gasteiger partial charge in [-0.05, 0) is 24.6 Å². The molecule has 2 rings (SSSR count). The van der Waals surface area contributed by atoms with Crippen molar-refractivity contribution in [1.82, 2.24) is 10.6 Å². The minimum Gasteiger partial charge on any atom is -0.366 e. The maximum Gasteiger partial charge on any atom is 0.254 e. The van der Waals surface area contributed by atoms with Gasteiger partial charge in [0.05, 0.1) is 17.2 Å². The second-order valence-electron chi connectivity index (χ2n) is 5.00. The molecule has 22 heavy (non-hydrogen) atoms. The molecule has 0 saturated carbocycles. The molecular formula is C15H20ClN3O3. The molecule has 0 aliphatic carbocycles. The van der Waals surface area contributed by atoms with Gasteiger partial charge in [-0.2, -0.15) is 0 Å². The van der Waals surface area contributed by atoms with E-state index in [4.69, 9.17) is 16.3 Å². The van der Waals surface area contributed by atoms with Crippen LogP contribution in [0.5, 0.6) is 0 Å². The Morgan fingerprint density at radius 2 is 2.27 bits per heavy atom. The number of hydrogen-bond donors (Lipinski definition) is 3. The number of halogens is 1. The Morgan fingerprint density at radius 3 is 2.91 bits per heavy atom. The third-order valence-corrected chi connectivity index (χ3v) is 3.55. The second kappa shape index (κ2) is 8.12. The molecule has 0 aromatic heterocycles. The Bertz CT molecular complexity index is 545. The van der Waals surface area contributed by atoms with Crippen LogP contribution >= 0.6 is 11.6 Å². The molecule has 7 heteroatoms. The van der Waals surface area contributed by atoms with Gasteiger partial charge >= 0.3 is 0 Å². The molecule has 0 bridgehead atoms. The van der Waals surface area contributed by atoms with Crippen LogP contribution in [0.25, 0.3) is 0 Å². The monoisotopic (exact) mass is 325 g/mol. The minimum absolute atomic E-state index is 0.218. The number of ether oxygens (including phenoxy) is 1. The van der Waals surface area contributed by atoms with Gasteiger partial charge in [-0.25, -0.2) is 0 Å². The number of nitrogens with one attached hydrogen (secondary N) is 3. The van der Waals surface area contributed by atoms with E-state index < -0.39 is 6.10 Å². The number of morpholine rings is 1. The van der Waals surface area contributed by atoms with Crippen molar-refractivity contribution >= 4 is 29.1 Å². The van der Waals surface area contributed by atoms with Crippen molar-refractivity contribution in [2.45, 2.75) is 19.4 Å². The fourth-order valence-corrected chi connectivity index (χ4v) is 2.33. The minimum atomic E-state index is -0.514. The molecule has 1 aliphatic rings. The van der Waals surface area contributed by atoms with E-state index in [2.05, 4.69) is 16.0 Å². The maximum atomic E-state index is 12.0. The largest absolute Gasteiger partial charge is 0.366 e. The lowest BCUT2D eigenvalue weighted by Crippen LogP contribution is -2.45. The lowest BCUT2D eigenvalue weighted by atomic mass is 10.2. The number of carbonyl (C=O) groups is 2. The van der Waals surface area contributed by atoms with E-state index in [1.165, 1.54) is 0 Å². The Balaban J connectivity index is 1.99. The van der Waals surface area contributed by atoms with E-state index in [1.54, 1.807) is 18.2 Å². The first-order valence-electron chi connectivity index (χ1n) is 7.32. The standard InChI is InChI=1S/C15H20ClN3O3/c1-2-5-18-14(20)11-4-3-10(8-12(11)16)19-15(21)13-9-17-6-7-22-13/h3-4,8,13,17H,2,5-7,9H2,1H3,(H,18,20)(H,19,21). The first-order chi connectivity index (χ1) is 10.6. The van der Waals surface area contributed by atoms with Crippen molar-refractivity contribution in [2.24, 2.45) is 0 Å². The molecule has 120 valence electrons. The summed E-state index contributed by atoms with van der Waals surface area (Å²) in [5, 5.41) is 8.90. The molecular weight excluding hydrogens is 306 g/mol. The molecule has 1 saturated heterocycles. The number of benzene rings is 1. The quantitative estimate of drug-likeness (QED) is 0.764. The molecule has 1 fully saturated rings. The number of anilines is 1. The molecule has 1 aromatic carbocycles. The number of hydrogen-bond acceptors (Lipinski definition) is 4. The first-order valence-corrected chi connectivity index (χ1v) is 7.70. The van der Waals surface area contributed by atoms with Crippen LogP contribution in [-0.2, 0) is 9.53 Å². The van der Waals surface area contributed by atoms with E-state index in [-0.39, 0.29) is 11.8 Å². The summed E-state index contributed by atoms with van der Waals surface area (Å²) in [7, 11) is 0. The van der Waals surface area contributed by atoms with Crippen LogP contribution in [-0.4, -0.2) is 44.2 Å². The van der Waals surface area contributed by atoms with E-state index in [0.29, 0.717) is 36.0 Å². The second-order valence-corrected chi connectivity index (χ2v) is 5.41. The van der Waals surface area contributed by atoms with Gasteiger partial charge in [-0.3, -0.25) is 9.59 Å². The Kier molecular flexibility index (Phi) is 6.18. The van der Waals surface area contributed by atoms with Gasteiger partial charge < -0.3 is 20.7 Å². The summed E-state index contributed by atoms with van der Waals surface area (Å²) in [6, 6.07) is 4.82. The molecule has 2 amide bonds. The zero-order chi connectivity index (χ0) is 15.9. The Labute approximate surface area is 134 Å². The van der Waals surface area contributed by atoms with Gasteiger partial charge in [0.15, 0.2) is 0 Å². The molecule has 1 aromatic rings. The highest BCUT2D eigenvalue weighted by Crippen LogP contribution is 2.21. The van der Waals surface area contributed by atoms with Gasteiger partial charge in [-0.15, -0.1) is 0 Å². The summed E-state index contributed by atoms with van der Waals surface area (Å²) in [4.78, 5) is 23.9. The fraction of sp³-hybridized carbons (Fsp3) is 0.467. The predicted octanol–water partition coefficient (Wildman–Crippen LogP) is 1.41. The molecule has 3 N–H and O–H groups in total. The van der Waals surface area contributed by atoms with E-state index >= 15 is 0 Å². The van der Waals surface area contributed by atoms with Gasteiger partial charge in [0.2, 0.25) is 0 Å². The third kappa shape index (κ3) is 4.43. The van der Waals surface area contributed by atoms with Crippen LogP contribution in [0.1, 0.15) is 23.7 Å². The van der Waals surface area contributed by atoms with E-state index in [0.717, 1.165) is 13.0 Å². The summed E-state index contributed by atoms with van der Waals surface area (Å²) >= 11 is 6.12. The SMILES string of the molecule is CCCNC(=O)c1ccc(NC(=O)C2CNCCO2)cc1Cl. The molecule has 1 heterocycles. The lowest BCUT2D eigenvalue weighted by molar-refractivity contribution is -0.128. The molecule has 0 spiro atoms. The van der Waals surface area contributed by atoms with Gasteiger partial charge in [-0.1, -0.05) is 18.5 Å². The summed E-state index contributed by atoms with van der Waals surface area (Å²) in [5.74, 6) is -0.448. The number of rotatable bonds is 5. The van der Waals surface area contributed by atoms with Crippen LogP contribution in [0, 0.1) is 0 Å². The molecule has 1 atom stereocenters. The van der Waals surface area contributed by atoms with Crippen LogP contribution in [0.15, 0.2) is 18.2 Å². The average molecular weight is 326 g/mol. The topological polar surface area (TPSA) is 79.5 Å². The fourth-order valence-electron chi connectivity index (χ4n) is 2.07.